The van der Waals surface area contributed by atoms with Crippen LogP contribution in [-0.4, -0.2) is 27.0 Å². The Kier molecular flexibility index (Phi) is 4.40. The van der Waals surface area contributed by atoms with Gasteiger partial charge in [-0.15, -0.1) is 10.2 Å². The van der Waals surface area contributed by atoms with Crippen molar-refractivity contribution >= 4 is 44.1 Å². The molecule has 3 aromatic rings. The molecule has 2 aromatic heterocycles. The number of aromatic nitrogens is 2. The number of hydrogen-bond acceptors (Lipinski definition) is 7. The Morgan fingerprint density at radius 2 is 2.00 bits per heavy atom. The summed E-state index contributed by atoms with van der Waals surface area (Å²) >= 11 is 4.58. The second-order valence-electron chi connectivity index (χ2n) is 5.80. The highest BCUT2D eigenvalue weighted by Gasteiger charge is 2.46. The summed E-state index contributed by atoms with van der Waals surface area (Å²) in [6, 6.07) is 9.37. The Bertz CT molecular complexity index is 1060. The molecule has 1 aromatic carbocycles. The molecule has 0 aliphatic carbocycles. The number of ketones is 1. The first-order chi connectivity index (χ1) is 13.0. The van der Waals surface area contributed by atoms with Gasteiger partial charge >= 0.3 is 0 Å². The first kappa shape index (κ1) is 17.6. The molecule has 1 N–H and O–H groups in total. The fourth-order valence-corrected chi connectivity index (χ4v) is 3.90. The van der Waals surface area contributed by atoms with Crippen LogP contribution in [-0.2, 0) is 4.79 Å². The SMILES string of the molecule is Cc1nnc(N2C(=O)C(O)=C(C(=O)c3ccco3)C2c2ccc(Br)cc2)s1. The van der Waals surface area contributed by atoms with E-state index in [2.05, 4.69) is 26.1 Å². The molecule has 1 atom stereocenters. The van der Waals surface area contributed by atoms with Crippen molar-refractivity contribution in [2.24, 2.45) is 0 Å². The van der Waals surface area contributed by atoms with Gasteiger partial charge in [0.2, 0.25) is 10.9 Å². The summed E-state index contributed by atoms with van der Waals surface area (Å²) in [5.41, 5.74) is 0.600. The topological polar surface area (TPSA) is 96.5 Å². The average molecular weight is 446 g/mol. The fourth-order valence-electron chi connectivity index (χ4n) is 2.92. The van der Waals surface area contributed by atoms with Gasteiger partial charge < -0.3 is 9.52 Å². The monoisotopic (exact) mass is 445 g/mol. The van der Waals surface area contributed by atoms with E-state index in [9.17, 15) is 14.7 Å². The summed E-state index contributed by atoms with van der Waals surface area (Å²) in [4.78, 5) is 27.1. The smallest absolute Gasteiger partial charge is 0.296 e. The summed E-state index contributed by atoms with van der Waals surface area (Å²) < 4.78 is 6.03. The van der Waals surface area contributed by atoms with Gasteiger partial charge in [0.1, 0.15) is 5.01 Å². The van der Waals surface area contributed by atoms with Crippen LogP contribution in [0.25, 0.3) is 0 Å². The molecule has 0 saturated carbocycles. The Morgan fingerprint density at radius 1 is 1.26 bits per heavy atom. The van der Waals surface area contributed by atoms with Crippen molar-refractivity contribution in [3.63, 3.8) is 0 Å². The van der Waals surface area contributed by atoms with Crippen LogP contribution >= 0.6 is 27.3 Å². The van der Waals surface area contributed by atoms with Crippen LogP contribution in [0, 0.1) is 6.92 Å². The van der Waals surface area contributed by atoms with Gasteiger partial charge in [0, 0.05) is 4.47 Å². The van der Waals surface area contributed by atoms with Crippen molar-refractivity contribution in [2.75, 3.05) is 4.90 Å². The number of benzene rings is 1. The van der Waals surface area contributed by atoms with Gasteiger partial charge in [-0.25, -0.2) is 0 Å². The van der Waals surface area contributed by atoms with Crippen LogP contribution in [0.3, 0.4) is 0 Å². The fraction of sp³-hybridized carbons (Fsp3) is 0.111. The van der Waals surface area contributed by atoms with Gasteiger partial charge in [0.25, 0.3) is 5.91 Å². The Labute approximate surface area is 166 Å². The second-order valence-corrected chi connectivity index (χ2v) is 7.88. The molecular weight excluding hydrogens is 434 g/mol. The highest BCUT2D eigenvalue weighted by molar-refractivity contribution is 9.10. The number of Topliss-reactive ketones (excluding diaryl/α,β-unsaturated/α-hetero) is 1. The lowest BCUT2D eigenvalue weighted by atomic mass is 9.95. The van der Waals surface area contributed by atoms with Crippen LogP contribution in [0.4, 0.5) is 5.13 Å². The zero-order valence-electron chi connectivity index (χ0n) is 13.9. The molecule has 1 aliphatic rings. The summed E-state index contributed by atoms with van der Waals surface area (Å²) in [5, 5.41) is 19.5. The minimum atomic E-state index is -0.837. The highest BCUT2D eigenvalue weighted by atomic mass is 79.9. The predicted octanol–water partition coefficient (Wildman–Crippen LogP) is 3.98. The summed E-state index contributed by atoms with van der Waals surface area (Å²) in [6.07, 6.45) is 1.36. The van der Waals surface area contributed by atoms with E-state index in [-0.39, 0.29) is 11.3 Å². The van der Waals surface area contributed by atoms with Gasteiger partial charge in [-0.3, -0.25) is 14.5 Å². The van der Waals surface area contributed by atoms with Crippen molar-refractivity contribution < 1.29 is 19.1 Å². The first-order valence-electron chi connectivity index (χ1n) is 7.88. The highest BCUT2D eigenvalue weighted by Crippen LogP contribution is 2.42. The van der Waals surface area contributed by atoms with Gasteiger partial charge in [0.15, 0.2) is 11.5 Å². The third-order valence-corrected chi connectivity index (χ3v) is 5.47. The van der Waals surface area contributed by atoms with E-state index in [0.29, 0.717) is 15.7 Å². The maximum Gasteiger partial charge on any atom is 0.296 e. The molecule has 0 radical (unpaired) electrons. The molecule has 1 aliphatic heterocycles. The number of amides is 1. The molecular formula is C18H12BrN3O4S. The molecule has 0 spiro atoms. The van der Waals surface area contributed by atoms with Crippen molar-refractivity contribution in [1.82, 2.24) is 10.2 Å². The molecule has 1 unspecified atom stereocenters. The van der Waals surface area contributed by atoms with E-state index >= 15 is 0 Å². The molecule has 4 rings (SSSR count). The van der Waals surface area contributed by atoms with Crippen LogP contribution in [0.1, 0.15) is 27.2 Å². The molecule has 1 amide bonds. The van der Waals surface area contributed by atoms with Crippen molar-refractivity contribution in [3.05, 3.63) is 74.8 Å². The molecule has 0 bridgehead atoms. The molecule has 7 nitrogen and oxygen atoms in total. The van der Waals surface area contributed by atoms with Crippen LogP contribution < -0.4 is 4.90 Å². The van der Waals surface area contributed by atoms with Gasteiger partial charge in [0.05, 0.1) is 17.9 Å². The number of rotatable bonds is 4. The van der Waals surface area contributed by atoms with Crippen molar-refractivity contribution in [3.8, 4) is 0 Å². The van der Waals surface area contributed by atoms with E-state index in [1.54, 1.807) is 37.3 Å². The van der Waals surface area contributed by atoms with E-state index in [1.165, 1.54) is 28.6 Å². The minimum absolute atomic E-state index is 0.0433. The minimum Gasteiger partial charge on any atom is -0.503 e. The predicted molar refractivity (Wildman–Crippen MR) is 102 cm³/mol. The Balaban J connectivity index is 1.88. The number of carbonyl (C=O) groups is 2. The van der Waals surface area contributed by atoms with E-state index in [1.807, 2.05) is 0 Å². The number of aliphatic hydroxyl groups is 1. The maximum atomic E-state index is 13.0. The lowest BCUT2D eigenvalue weighted by Crippen LogP contribution is -2.31. The Hall–Kier alpha value is -2.78. The number of aryl methyl sites for hydroxylation is 1. The van der Waals surface area contributed by atoms with Crippen LogP contribution in [0.5, 0.6) is 0 Å². The molecule has 9 heteroatoms. The average Bonchev–Trinajstić information content (AvgIpc) is 3.37. The lowest BCUT2D eigenvalue weighted by molar-refractivity contribution is -0.117. The standard InChI is InChI=1S/C18H12BrN3O4S/c1-9-20-21-18(27-9)22-14(10-4-6-11(19)7-5-10)13(16(24)17(22)25)15(23)12-3-2-8-26-12/h2-8,14,24H,1H3. The molecule has 136 valence electrons. The molecule has 0 fully saturated rings. The summed E-state index contributed by atoms with van der Waals surface area (Å²) in [7, 11) is 0. The lowest BCUT2D eigenvalue weighted by Gasteiger charge is -2.23. The van der Waals surface area contributed by atoms with Crippen LogP contribution in [0.2, 0.25) is 0 Å². The van der Waals surface area contributed by atoms with Crippen molar-refractivity contribution in [2.45, 2.75) is 13.0 Å². The second kappa shape index (κ2) is 6.75. The zero-order chi connectivity index (χ0) is 19.1. The summed E-state index contributed by atoms with van der Waals surface area (Å²) in [5.74, 6) is -1.82. The number of carbonyl (C=O) groups excluding carboxylic acids is 2. The van der Waals surface area contributed by atoms with Gasteiger partial charge in [-0.1, -0.05) is 39.4 Å². The number of hydrogen-bond donors (Lipinski definition) is 1. The van der Waals surface area contributed by atoms with Crippen molar-refractivity contribution in [1.29, 1.82) is 0 Å². The van der Waals surface area contributed by atoms with Crippen LogP contribution in [0.15, 0.2) is 62.9 Å². The third-order valence-electron chi connectivity index (χ3n) is 4.10. The van der Waals surface area contributed by atoms with E-state index in [0.717, 1.165) is 4.47 Å². The van der Waals surface area contributed by atoms with E-state index < -0.39 is 23.5 Å². The number of anilines is 1. The largest absolute Gasteiger partial charge is 0.503 e. The van der Waals surface area contributed by atoms with Gasteiger partial charge in [-0.2, -0.15) is 0 Å². The third kappa shape index (κ3) is 2.98. The zero-order valence-corrected chi connectivity index (χ0v) is 16.3. The molecule has 0 saturated heterocycles. The molecule has 27 heavy (non-hydrogen) atoms. The van der Waals surface area contributed by atoms with Gasteiger partial charge in [-0.05, 0) is 36.8 Å². The normalized spacial score (nSPS) is 17.0. The van der Waals surface area contributed by atoms with E-state index in [4.69, 9.17) is 4.42 Å². The Morgan fingerprint density at radius 3 is 2.59 bits per heavy atom. The number of nitrogens with zero attached hydrogens (tertiary/aromatic N) is 3. The number of aliphatic hydroxyl groups excluding tert-OH is 1. The quantitative estimate of drug-likeness (QED) is 0.609. The maximum absolute atomic E-state index is 13.0. The first-order valence-corrected chi connectivity index (χ1v) is 9.49. The molecule has 3 heterocycles. The number of halogens is 1. The summed E-state index contributed by atoms with van der Waals surface area (Å²) in [6.45, 7) is 1.76. The number of furan rings is 1.